The number of rotatable bonds is 2. The minimum atomic E-state index is 0.361. The van der Waals surface area contributed by atoms with Crippen LogP contribution in [-0.2, 0) is 17.9 Å². The zero-order valence-electron chi connectivity index (χ0n) is 21.9. The second kappa shape index (κ2) is 12.4. The van der Waals surface area contributed by atoms with Crippen LogP contribution >= 0.6 is 0 Å². The molecule has 0 aliphatic carbocycles. The number of nitrogens with zero attached hydrogens (tertiary/aromatic N) is 5. The second-order valence-corrected chi connectivity index (χ2v) is 10.3. The molecule has 37 heavy (non-hydrogen) atoms. The lowest BCUT2D eigenvalue weighted by molar-refractivity contribution is -0.120. The molecule has 5 aliphatic rings. The third-order valence-electron chi connectivity index (χ3n) is 7.24. The molecular formula is C30H38N6O. The first-order valence-corrected chi connectivity index (χ1v) is 13.6. The quantitative estimate of drug-likeness (QED) is 0.555. The van der Waals surface area contributed by atoms with Crippen molar-refractivity contribution in [3.05, 3.63) is 72.2 Å². The molecule has 5 aliphatic heterocycles. The van der Waals surface area contributed by atoms with Crippen LogP contribution in [0.4, 0.5) is 11.5 Å². The van der Waals surface area contributed by atoms with Gasteiger partial charge in [0.05, 0.1) is 12.2 Å². The monoisotopic (exact) mass is 498 g/mol. The molecule has 0 atom stereocenters. The van der Waals surface area contributed by atoms with Gasteiger partial charge in [-0.25, -0.2) is 4.98 Å². The van der Waals surface area contributed by atoms with Crippen LogP contribution in [0, 0.1) is 0 Å². The van der Waals surface area contributed by atoms with Crippen LogP contribution in [0.25, 0.3) is 11.1 Å². The molecule has 2 aromatic heterocycles. The third kappa shape index (κ3) is 7.22. The maximum atomic E-state index is 12.7. The van der Waals surface area contributed by atoms with Crippen LogP contribution in [0.5, 0.6) is 0 Å². The SMILES string of the molecule is CCCN1CCCC(=O)CN2CCN(CC2)Cc2cccc(c2)Nc2cc(ccn2)-c2ccc(nc2)C1. The van der Waals surface area contributed by atoms with E-state index >= 15 is 0 Å². The lowest BCUT2D eigenvalue weighted by Gasteiger charge is -2.34. The fourth-order valence-electron chi connectivity index (χ4n) is 5.27. The molecule has 8 rings (SSSR count). The summed E-state index contributed by atoms with van der Waals surface area (Å²) in [6.45, 7) is 10.3. The number of pyridine rings is 2. The average Bonchev–Trinajstić information content (AvgIpc) is 2.90. The molecule has 0 unspecified atom stereocenters. The molecule has 1 N–H and O–H groups in total. The molecule has 1 fully saturated rings. The van der Waals surface area contributed by atoms with Crippen molar-refractivity contribution in [1.82, 2.24) is 24.7 Å². The zero-order chi connectivity index (χ0) is 25.5. The van der Waals surface area contributed by atoms with E-state index in [1.165, 1.54) is 5.56 Å². The number of Topliss-reactive ketones (excluding diaryl/α,β-unsaturated/α-hetero) is 1. The van der Waals surface area contributed by atoms with E-state index in [1.54, 1.807) is 0 Å². The van der Waals surface area contributed by atoms with Gasteiger partial charge in [0.2, 0.25) is 0 Å². The summed E-state index contributed by atoms with van der Waals surface area (Å²) in [6, 6.07) is 16.9. The van der Waals surface area contributed by atoms with Gasteiger partial charge in [0, 0.05) is 69.3 Å². The molecule has 7 heteroatoms. The number of hydrogen-bond acceptors (Lipinski definition) is 7. The highest BCUT2D eigenvalue weighted by atomic mass is 16.1. The van der Waals surface area contributed by atoms with Gasteiger partial charge < -0.3 is 5.32 Å². The number of carbonyl (C=O) groups is 1. The minimum absolute atomic E-state index is 0.361. The summed E-state index contributed by atoms with van der Waals surface area (Å²) in [5.74, 6) is 1.18. The largest absolute Gasteiger partial charge is 0.340 e. The Bertz CT molecular complexity index is 1170. The van der Waals surface area contributed by atoms with Crippen molar-refractivity contribution in [1.29, 1.82) is 0 Å². The van der Waals surface area contributed by atoms with Gasteiger partial charge in [-0.05, 0) is 67.4 Å². The Labute approximate surface area is 220 Å². The second-order valence-electron chi connectivity index (χ2n) is 10.3. The maximum absolute atomic E-state index is 12.7. The molecule has 3 aromatic rings. The molecule has 0 amide bonds. The van der Waals surface area contributed by atoms with E-state index < -0.39 is 0 Å². The number of nitrogens with one attached hydrogen (secondary N) is 1. The number of anilines is 2. The van der Waals surface area contributed by atoms with Crippen molar-refractivity contribution in [3.8, 4) is 11.1 Å². The first-order valence-electron chi connectivity index (χ1n) is 13.6. The van der Waals surface area contributed by atoms with Gasteiger partial charge in [0.15, 0.2) is 0 Å². The maximum Gasteiger partial charge on any atom is 0.146 e. The Morgan fingerprint density at radius 2 is 1.70 bits per heavy atom. The van der Waals surface area contributed by atoms with Gasteiger partial charge in [0.25, 0.3) is 0 Å². The fourth-order valence-corrected chi connectivity index (χ4v) is 5.27. The minimum Gasteiger partial charge on any atom is -0.340 e. The van der Waals surface area contributed by atoms with Crippen molar-refractivity contribution in [3.63, 3.8) is 0 Å². The first-order chi connectivity index (χ1) is 18.1. The predicted molar refractivity (Wildman–Crippen MR) is 149 cm³/mol. The van der Waals surface area contributed by atoms with Crippen LogP contribution < -0.4 is 5.32 Å². The van der Waals surface area contributed by atoms with Gasteiger partial charge in [-0.1, -0.05) is 25.1 Å². The number of aromatic nitrogens is 2. The molecule has 7 nitrogen and oxygen atoms in total. The smallest absolute Gasteiger partial charge is 0.146 e. The van der Waals surface area contributed by atoms with Crippen molar-refractivity contribution in [2.45, 2.75) is 39.3 Å². The van der Waals surface area contributed by atoms with Gasteiger partial charge in [-0.2, -0.15) is 0 Å². The highest BCUT2D eigenvalue weighted by Gasteiger charge is 2.19. The number of ketones is 1. The Hall–Kier alpha value is -3.13. The molecule has 0 radical (unpaired) electrons. The zero-order valence-corrected chi connectivity index (χ0v) is 21.9. The molecule has 7 heterocycles. The summed E-state index contributed by atoms with van der Waals surface area (Å²) in [6.07, 6.45) is 6.44. The van der Waals surface area contributed by atoms with E-state index in [0.717, 1.165) is 93.5 Å². The van der Waals surface area contributed by atoms with E-state index in [9.17, 15) is 4.79 Å². The average molecular weight is 499 g/mol. The van der Waals surface area contributed by atoms with Crippen LogP contribution in [0.2, 0.25) is 0 Å². The van der Waals surface area contributed by atoms with Crippen LogP contribution in [-0.4, -0.2) is 76.3 Å². The Morgan fingerprint density at radius 1 is 0.865 bits per heavy atom. The summed E-state index contributed by atoms with van der Waals surface area (Å²) in [5.41, 5.74) is 5.54. The Kier molecular flexibility index (Phi) is 8.56. The predicted octanol–water partition coefficient (Wildman–Crippen LogP) is 4.58. The van der Waals surface area contributed by atoms with E-state index in [2.05, 4.69) is 74.4 Å². The van der Waals surface area contributed by atoms with Gasteiger partial charge >= 0.3 is 0 Å². The summed E-state index contributed by atoms with van der Waals surface area (Å²) < 4.78 is 0. The van der Waals surface area contributed by atoms with E-state index in [0.29, 0.717) is 18.7 Å². The number of carbonyl (C=O) groups excluding carboxylic acids is 1. The lowest BCUT2D eigenvalue weighted by Crippen LogP contribution is -2.47. The summed E-state index contributed by atoms with van der Waals surface area (Å²) in [5, 5.41) is 3.48. The molecule has 1 saturated heterocycles. The number of piperazine rings is 1. The highest BCUT2D eigenvalue weighted by Crippen LogP contribution is 2.24. The normalized spacial score (nSPS) is 21.5. The van der Waals surface area contributed by atoms with Gasteiger partial charge in [-0.15, -0.1) is 0 Å². The van der Waals surface area contributed by atoms with Gasteiger partial charge in [0.1, 0.15) is 11.6 Å². The van der Waals surface area contributed by atoms with Crippen LogP contribution in [0.3, 0.4) is 0 Å². The Balaban J connectivity index is 1.37. The standard InChI is InChI=1S/C30H38N6O/c1-2-12-34-13-4-7-29(37)23-36-16-14-35(15-17-36)21-24-5-3-6-27(18-24)33-30-19-25(10-11-31-30)26-8-9-28(22-34)32-20-26/h3,5-6,8-11,18-20H,2,4,7,12-17,21-23H2,1H3,(H,31,33). The molecular weight excluding hydrogens is 460 g/mol. The summed E-state index contributed by atoms with van der Waals surface area (Å²) in [4.78, 5) is 29.2. The molecule has 194 valence electrons. The number of hydrogen-bond donors (Lipinski definition) is 1. The van der Waals surface area contributed by atoms with E-state index in [1.807, 2.05) is 18.5 Å². The van der Waals surface area contributed by atoms with Crippen molar-refractivity contribution < 1.29 is 4.79 Å². The molecule has 8 bridgehead atoms. The first kappa shape index (κ1) is 25.5. The number of benzene rings is 1. The van der Waals surface area contributed by atoms with Crippen LogP contribution in [0.1, 0.15) is 37.4 Å². The summed E-state index contributed by atoms with van der Waals surface area (Å²) in [7, 11) is 0. The van der Waals surface area contributed by atoms with Crippen molar-refractivity contribution in [2.24, 2.45) is 0 Å². The third-order valence-corrected chi connectivity index (χ3v) is 7.24. The van der Waals surface area contributed by atoms with E-state index in [-0.39, 0.29) is 0 Å². The van der Waals surface area contributed by atoms with Crippen molar-refractivity contribution in [2.75, 3.05) is 51.1 Å². The molecule has 1 aromatic carbocycles. The lowest BCUT2D eigenvalue weighted by atomic mass is 10.1. The Morgan fingerprint density at radius 3 is 2.49 bits per heavy atom. The topological polar surface area (TPSA) is 64.6 Å². The van der Waals surface area contributed by atoms with Gasteiger partial charge in [-0.3, -0.25) is 24.5 Å². The molecule has 0 saturated carbocycles. The molecule has 0 spiro atoms. The highest BCUT2D eigenvalue weighted by molar-refractivity contribution is 5.80. The summed E-state index contributed by atoms with van der Waals surface area (Å²) >= 11 is 0. The van der Waals surface area contributed by atoms with Crippen LogP contribution in [0.15, 0.2) is 60.9 Å². The van der Waals surface area contributed by atoms with Crippen molar-refractivity contribution >= 4 is 17.3 Å². The fraction of sp³-hybridized carbons (Fsp3) is 0.433. The van der Waals surface area contributed by atoms with E-state index in [4.69, 9.17) is 4.98 Å².